The minimum absolute atomic E-state index is 0.0292. The highest BCUT2D eigenvalue weighted by molar-refractivity contribution is 6.02. The molecule has 3 aromatic rings. The Labute approximate surface area is 165 Å². The summed E-state index contributed by atoms with van der Waals surface area (Å²) in [5, 5.41) is 6.57. The second kappa shape index (κ2) is 7.58. The van der Waals surface area contributed by atoms with Crippen molar-refractivity contribution in [3.05, 3.63) is 65.5 Å². The van der Waals surface area contributed by atoms with E-state index < -0.39 is 0 Å². The standard InChI is InChI=1S/C23H25N3O2/c1-3-26-21(13-16(2)24-26)23(28)25-12-6-9-20(15-25)22(27)19-11-10-17-7-4-5-8-18(17)14-19/h4-5,7-8,10-11,13-14,20H,3,6,9,12,15H2,1-2H3/t20-/m1/s1. The first-order valence-electron chi connectivity index (χ1n) is 9.93. The molecular formula is C23H25N3O2. The number of benzene rings is 2. The highest BCUT2D eigenvalue weighted by Gasteiger charge is 2.30. The van der Waals surface area contributed by atoms with Crippen molar-refractivity contribution >= 4 is 22.5 Å². The van der Waals surface area contributed by atoms with Gasteiger partial charge >= 0.3 is 0 Å². The molecule has 5 heteroatoms. The molecule has 0 unspecified atom stereocenters. The van der Waals surface area contributed by atoms with Gasteiger partial charge in [-0.3, -0.25) is 14.3 Å². The van der Waals surface area contributed by atoms with Crippen LogP contribution < -0.4 is 0 Å². The smallest absolute Gasteiger partial charge is 0.272 e. The van der Waals surface area contributed by atoms with Crippen LogP contribution in [0.1, 0.15) is 46.3 Å². The van der Waals surface area contributed by atoms with Crippen LogP contribution in [0, 0.1) is 12.8 Å². The van der Waals surface area contributed by atoms with E-state index in [-0.39, 0.29) is 17.6 Å². The highest BCUT2D eigenvalue weighted by atomic mass is 16.2. The van der Waals surface area contributed by atoms with Gasteiger partial charge in [-0.2, -0.15) is 5.10 Å². The van der Waals surface area contributed by atoms with Crippen LogP contribution in [0.5, 0.6) is 0 Å². The Kier molecular flexibility index (Phi) is 4.99. The number of amides is 1. The van der Waals surface area contributed by atoms with Crippen LogP contribution in [0.3, 0.4) is 0 Å². The molecule has 1 amide bonds. The number of carbonyl (C=O) groups excluding carboxylic acids is 2. The lowest BCUT2D eigenvalue weighted by atomic mass is 9.89. The van der Waals surface area contributed by atoms with Gasteiger partial charge < -0.3 is 4.90 Å². The Bertz CT molecular complexity index is 1040. The number of fused-ring (bicyclic) bond motifs is 1. The maximum absolute atomic E-state index is 13.1. The molecule has 1 aromatic heterocycles. The van der Waals surface area contributed by atoms with Gasteiger partial charge in [-0.05, 0) is 49.6 Å². The summed E-state index contributed by atoms with van der Waals surface area (Å²) in [5.41, 5.74) is 2.18. The third-order valence-corrected chi connectivity index (χ3v) is 5.53. The van der Waals surface area contributed by atoms with Crippen molar-refractivity contribution in [3.8, 4) is 0 Å². The van der Waals surface area contributed by atoms with Gasteiger partial charge in [0, 0.05) is 31.1 Å². The molecule has 5 nitrogen and oxygen atoms in total. The van der Waals surface area contributed by atoms with Crippen LogP contribution >= 0.6 is 0 Å². The van der Waals surface area contributed by atoms with E-state index in [4.69, 9.17) is 0 Å². The molecular weight excluding hydrogens is 350 g/mol. The molecule has 0 bridgehead atoms. The number of nitrogens with zero attached hydrogens (tertiary/aromatic N) is 3. The summed E-state index contributed by atoms with van der Waals surface area (Å²) < 4.78 is 1.74. The number of carbonyl (C=O) groups is 2. The van der Waals surface area contributed by atoms with Gasteiger partial charge in [0.2, 0.25) is 0 Å². The van der Waals surface area contributed by atoms with Crippen LogP contribution in [-0.4, -0.2) is 39.5 Å². The lowest BCUT2D eigenvalue weighted by Gasteiger charge is -2.32. The van der Waals surface area contributed by atoms with Gasteiger partial charge in [0.15, 0.2) is 5.78 Å². The fourth-order valence-corrected chi connectivity index (χ4v) is 4.07. The summed E-state index contributed by atoms with van der Waals surface area (Å²) in [6, 6.07) is 15.8. The molecule has 1 atom stereocenters. The second-order valence-corrected chi connectivity index (χ2v) is 7.50. The molecule has 0 radical (unpaired) electrons. The number of aryl methyl sites for hydroxylation is 2. The van der Waals surface area contributed by atoms with Crippen molar-refractivity contribution in [1.29, 1.82) is 0 Å². The van der Waals surface area contributed by atoms with Crippen molar-refractivity contribution < 1.29 is 9.59 Å². The molecule has 1 aliphatic heterocycles. The van der Waals surface area contributed by atoms with Crippen LogP contribution in [0.4, 0.5) is 0 Å². The van der Waals surface area contributed by atoms with Crippen LogP contribution in [-0.2, 0) is 6.54 Å². The van der Waals surface area contributed by atoms with Crippen molar-refractivity contribution in [2.75, 3.05) is 13.1 Å². The van der Waals surface area contributed by atoms with E-state index in [9.17, 15) is 9.59 Å². The quantitative estimate of drug-likeness (QED) is 0.645. The van der Waals surface area contributed by atoms with E-state index in [0.717, 1.165) is 34.9 Å². The molecule has 2 aromatic carbocycles. The zero-order chi connectivity index (χ0) is 19.7. The topological polar surface area (TPSA) is 55.2 Å². The molecule has 0 N–H and O–H groups in total. The molecule has 4 rings (SSSR count). The van der Waals surface area contributed by atoms with E-state index in [1.54, 1.807) is 4.68 Å². The summed E-state index contributed by atoms with van der Waals surface area (Å²) >= 11 is 0. The highest BCUT2D eigenvalue weighted by Crippen LogP contribution is 2.24. The zero-order valence-corrected chi connectivity index (χ0v) is 16.4. The minimum Gasteiger partial charge on any atom is -0.337 e. The van der Waals surface area contributed by atoms with Crippen molar-refractivity contribution in [2.45, 2.75) is 33.2 Å². The Hall–Kier alpha value is -2.95. The molecule has 1 fully saturated rings. The monoisotopic (exact) mass is 375 g/mol. The number of Topliss-reactive ketones (excluding diaryl/α,β-unsaturated/α-hetero) is 1. The van der Waals surface area contributed by atoms with E-state index in [2.05, 4.69) is 5.10 Å². The Balaban J connectivity index is 1.54. The number of aromatic nitrogens is 2. The van der Waals surface area contributed by atoms with Gasteiger partial charge in [-0.1, -0.05) is 36.4 Å². The summed E-state index contributed by atoms with van der Waals surface area (Å²) in [6.45, 7) is 5.69. The Morgan fingerprint density at radius 1 is 1.11 bits per heavy atom. The van der Waals surface area contributed by atoms with Crippen molar-refractivity contribution in [1.82, 2.24) is 14.7 Å². The number of likely N-dealkylation sites (tertiary alicyclic amines) is 1. The van der Waals surface area contributed by atoms with Gasteiger partial charge in [0.1, 0.15) is 5.69 Å². The van der Waals surface area contributed by atoms with E-state index in [0.29, 0.717) is 25.3 Å². The van der Waals surface area contributed by atoms with Crippen molar-refractivity contribution in [2.24, 2.45) is 5.92 Å². The average molecular weight is 375 g/mol. The maximum atomic E-state index is 13.1. The summed E-state index contributed by atoms with van der Waals surface area (Å²) in [4.78, 5) is 28.0. The van der Waals surface area contributed by atoms with Gasteiger partial charge in [-0.25, -0.2) is 0 Å². The zero-order valence-electron chi connectivity index (χ0n) is 16.4. The predicted octanol–water partition coefficient (Wildman–Crippen LogP) is 4.10. The number of hydrogen-bond donors (Lipinski definition) is 0. The molecule has 144 valence electrons. The molecule has 0 spiro atoms. The number of ketones is 1. The lowest BCUT2D eigenvalue weighted by molar-refractivity contribution is 0.0627. The molecule has 1 aliphatic rings. The number of piperidine rings is 1. The number of rotatable bonds is 4. The summed E-state index contributed by atoms with van der Waals surface area (Å²) in [6.07, 6.45) is 1.66. The maximum Gasteiger partial charge on any atom is 0.272 e. The average Bonchev–Trinajstić information content (AvgIpc) is 3.13. The molecule has 28 heavy (non-hydrogen) atoms. The fourth-order valence-electron chi connectivity index (χ4n) is 4.07. The van der Waals surface area contributed by atoms with Crippen molar-refractivity contribution in [3.63, 3.8) is 0 Å². The first kappa shape index (κ1) is 18.4. The van der Waals surface area contributed by atoms with Gasteiger partial charge in [0.25, 0.3) is 5.91 Å². The van der Waals surface area contributed by atoms with E-state index in [1.165, 1.54) is 0 Å². The first-order valence-corrected chi connectivity index (χ1v) is 9.93. The fraction of sp³-hybridized carbons (Fsp3) is 0.348. The minimum atomic E-state index is -0.155. The summed E-state index contributed by atoms with van der Waals surface area (Å²) in [7, 11) is 0. The SMILES string of the molecule is CCn1nc(C)cc1C(=O)N1CCC[C@@H](C(=O)c2ccc3ccccc3c2)C1. The third kappa shape index (κ3) is 3.44. The van der Waals surface area contributed by atoms with Crippen LogP contribution in [0.15, 0.2) is 48.5 Å². The Morgan fingerprint density at radius 2 is 1.89 bits per heavy atom. The number of hydrogen-bond acceptors (Lipinski definition) is 3. The van der Waals surface area contributed by atoms with Crippen LogP contribution in [0.25, 0.3) is 10.8 Å². The van der Waals surface area contributed by atoms with E-state index in [1.807, 2.05) is 67.3 Å². The first-order chi connectivity index (χ1) is 13.6. The molecule has 2 heterocycles. The normalized spacial score (nSPS) is 17.1. The van der Waals surface area contributed by atoms with E-state index >= 15 is 0 Å². The summed E-state index contributed by atoms with van der Waals surface area (Å²) in [5.74, 6) is -0.0557. The van der Waals surface area contributed by atoms with Gasteiger partial charge in [0.05, 0.1) is 5.69 Å². The molecule has 0 saturated carbocycles. The lowest BCUT2D eigenvalue weighted by Crippen LogP contribution is -2.43. The van der Waals surface area contributed by atoms with Crippen LogP contribution in [0.2, 0.25) is 0 Å². The predicted molar refractivity (Wildman–Crippen MR) is 110 cm³/mol. The Morgan fingerprint density at radius 3 is 2.68 bits per heavy atom. The molecule has 0 aliphatic carbocycles. The van der Waals surface area contributed by atoms with Gasteiger partial charge in [-0.15, -0.1) is 0 Å². The largest absolute Gasteiger partial charge is 0.337 e. The second-order valence-electron chi connectivity index (χ2n) is 7.50. The molecule has 1 saturated heterocycles. The third-order valence-electron chi connectivity index (χ3n) is 5.53.